The largest absolute Gasteiger partial charge is 0.494 e. The molecule has 2 fully saturated rings. The van der Waals surface area contributed by atoms with E-state index in [-0.39, 0.29) is 30.0 Å². The molecule has 8 nitrogen and oxygen atoms in total. The van der Waals surface area contributed by atoms with E-state index >= 15 is 0 Å². The van der Waals surface area contributed by atoms with Crippen LogP contribution in [0.1, 0.15) is 35.1 Å². The van der Waals surface area contributed by atoms with Gasteiger partial charge in [-0.15, -0.1) is 0 Å². The molecule has 0 aromatic heterocycles. The molecular weight excluding hydrogens is 708 g/mol. The zero-order valence-corrected chi connectivity index (χ0v) is 30.6. The van der Waals surface area contributed by atoms with Gasteiger partial charge in [0, 0.05) is 11.6 Å². The lowest BCUT2D eigenvalue weighted by Crippen LogP contribution is -2.51. The first-order chi connectivity index (χ1) is 25.9. The third-order valence-electron chi connectivity index (χ3n) is 9.45. The molecule has 0 radical (unpaired) electrons. The Labute approximate surface area is 318 Å². The van der Waals surface area contributed by atoms with Crippen molar-refractivity contribution in [1.82, 2.24) is 9.80 Å². The van der Waals surface area contributed by atoms with E-state index in [0.717, 1.165) is 46.9 Å². The van der Waals surface area contributed by atoms with Crippen LogP contribution in [0.2, 0.25) is 5.02 Å². The van der Waals surface area contributed by atoms with Crippen molar-refractivity contribution in [3.8, 4) is 11.5 Å². The van der Waals surface area contributed by atoms with E-state index in [1.54, 1.807) is 17.0 Å². The Kier molecular flexibility index (Phi) is 11.3. The van der Waals surface area contributed by atoms with Crippen LogP contribution in [0.5, 0.6) is 11.5 Å². The number of halogens is 1. The van der Waals surface area contributed by atoms with Crippen LogP contribution in [-0.2, 0) is 21.5 Å². The summed E-state index contributed by atoms with van der Waals surface area (Å²) in [5.41, 5.74) is 2.31. The summed E-state index contributed by atoms with van der Waals surface area (Å²) >= 11 is 7.10. The van der Waals surface area contributed by atoms with E-state index in [1.165, 1.54) is 4.90 Å². The molecule has 270 valence electrons. The van der Waals surface area contributed by atoms with Crippen molar-refractivity contribution in [3.05, 3.63) is 167 Å². The van der Waals surface area contributed by atoms with Crippen LogP contribution in [0, 0.1) is 0 Å². The maximum Gasteiger partial charge on any atom is 0.410 e. The Morgan fingerprint density at radius 3 is 1.94 bits per heavy atom. The fourth-order valence-corrected chi connectivity index (χ4v) is 8.17. The van der Waals surface area contributed by atoms with Crippen LogP contribution >= 0.6 is 23.4 Å². The third-order valence-corrected chi connectivity index (χ3v) is 10.7. The summed E-state index contributed by atoms with van der Waals surface area (Å²) in [4.78, 5) is 43.9. The smallest absolute Gasteiger partial charge is 0.410 e. The summed E-state index contributed by atoms with van der Waals surface area (Å²) in [6, 6.07) is 44.1. The highest BCUT2D eigenvalue weighted by molar-refractivity contribution is 8.15. The van der Waals surface area contributed by atoms with Crippen molar-refractivity contribution in [2.75, 3.05) is 26.3 Å². The van der Waals surface area contributed by atoms with Gasteiger partial charge in [0.25, 0.3) is 5.24 Å². The number of hydrogen-bond donors (Lipinski definition) is 0. The predicted octanol–water partition coefficient (Wildman–Crippen LogP) is 9.00. The zero-order valence-electron chi connectivity index (χ0n) is 29.0. The Hall–Kier alpha value is -5.25. The van der Waals surface area contributed by atoms with Gasteiger partial charge in [0.15, 0.2) is 6.10 Å². The molecule has 3 amide bonds. The van der Waals surface area contributed by atoms with Gasteiger partial charge in [-0.3, -0.25) is 14.5 Å². The molecule has 7 rings (SSSR count). The first-order valence-electron chi connectivity index (χ1n) is 17.7. The summed E-state index contributed by atoms with van der Waals surface area (Å²) in [5.74, 6) is 1.13. The monoisotopic (exact) mass is 746 g/mol. The molecule has 0 N–H and O–H groups in total. The Morgan fingerprint density at radius 1 is 0.717 bits per heavy atom. The number of cyclic esters (lactones) is 1. The van der Waals surface area contributed by atoms with E-state index < -0.39 is 10.8 Å². The predicted molar refractivity (Wildman–Crippen MR) is 206 cm³/mol. The van der Waals surface area contributed by atoms with Gasteiger partial charge in [-0.05, 0) is 71.8 Å². The molecule has 2 heterocycles. The van der Waals surface area contributed by atoms with Gasteiger partial charge in [0.05, 0.1) is 18.4 Å². The average molecular weight is 747 g/mol. The number of carbonyl (C=O) groups is 3. The lowest BCUT2D eigenvalue weighted by Gasteiger charge is -2.42. The Bertz CT molecular complexity index is 1920. The summed E-state index contributed by atoms with van der Waals surface area (Å²) in [6.45, 7) is 1.79. The van der Waals surface area contributed by atoms with Crippen LogP contribution in [0.4, 0.5) is 9.59 Å². The van der Waals surface area contributed by atoms with Gasteiger partial charge in [-0.2, -0.15) is 0 Å². The summed E-state index contributed by atoms with van der Waals surface area (Å²) < 4.78 is 17.2. The summed E-state index contributed by atoms with van der Waals surface area (Å²) in [6.07, 6.45) is 1.24. The number of nitrogens with zero attached hydrogens (tertiary/aromatic N) is 2. The molecule has 2 unspecified atom stereocenters. The standard InChI is InChI=1S/C43H39ClN2O6S/c44-35-19-12-20-37(28-35)51-30-38-29-45(41(48)52-38)25-10-11-26-50-36-23-21-31(22-24-36)27-39-40(47)46(42(49)53-39)43(32-13-4-1-5-14-32,33-15-6-2-7-16-33)34-17-8-3-9-18-34/h1-9,12-24,28,38-39H,10-11,25-27,29-30H2. The van der Waals surface area contributed by atoms with Crippen LogP contribution in [0.25, 0.3) is 0 Å². The quantitative estimate of drug-likeness (QED) is 0.0781. The molecule has 5 aromatic rings. The number of carbonyl (C=O) groups excluding carboxylic acids is 3. The van der Waals surface area contributed by atoms with Gasteiger partial charge in [-0.25, -0.2) is 4.79 Å². The number of amides is 3. The number of thioether (sulfide) groups is 1. The fraction of sp³-hybridized carbons (Fsp3) is 0.233. The van der Waals surface area contributed by atoms with Crippen LogP contribution in [-0.4, -0.2) is 64.7 Å². The first kappa shape index (κ1) is 36.1. The molecule has 0 spiro atoms. The minimum Gasteiger partial charge on any atom is -0.494 e. The molecule has 2 aliphatic heterocycles. The summed E-state index contributed by atoms with van der Waals surface area (Å²) in [7, 11) is 0. The van der Waals surface area contributed by atoms with Crippen LogP contribution < -0.4 is 9.47 Å². The van der Waals surface area contributed by atoms with Crippen molar-refractivity contribution >= 4 is 40.6 Å². The van der Waals surface area contributed by atoms with Gasteiger partial charge in [-0.1, -0.05) is 133 Å². The number of ether oxygens (including phenoxy) is 3. The normalized spacial score (nSPS) is 17.3. The molecule has 53 heavy (non-hydrogen) atoms. The van der Waals surface area contributed by atoms with Gasteiger partial charge in [0.1, 0.15) is 23.6 Å². The third kappa shape index (κ3) is 8.06. The van der Waals surface area contributed by atoms with Crippen molar-refractivity contribution in [1.29, 1.82) is 0 Å². The molecule has 0 aliphatic carbocycles. The van der Waals surface area contributed by atoms with E-state index in [4.69, 9.17) is 25.8 Å². The molecule has 0 bridgehead atoms. The van der Waals surface area contributed by atoms with Crippen molar-refractivity contribution in [2.24, 2.45) is 0 Å². The van der Waals surface area contributed by atoms with Crippen molar-refractivity contribution in [3.63, 3.8) is 0 Å². The van der Waals surface area contributed by atoms with Gasteiger partial charge in [0.2, 0.25) is 5.91 Å². The number of rotatable bonds is 15. The lowest BCUT2D eigenvalue weighted by molar-refractivity contribution is -0.129. The minimum atomic E-state index is -1.14. The lowest BCUT2D eigenvalue weighted by atomic mass is 9.75. The second kappa shape index (κ2) is 16.6. The van der Waals surface area contributed by atoms with E-state index in [1.807, 2.05) is 127 Å². The summed E-state index contributed by atoms with van der Waals surface area (Å²) in [5, 5.41) is -0.269. The van der Waals surface area contributed by atoms with E-state index in [2.05, 4.69) is 0 Å². The maximum atomic E-state index is 14.4. The van der Waals surface area contributed by atoms with Crippen LogP contribution in [0.3, 0.4) is 0 Å². The molecule has 5 aromatic carbocycles. The minimum absolute atomic E-state index is 0.223. The molecule has 2 atom stereocenters. The second-order valence-electron chi connectivity index (χ2n) is 13.0. The Balaban J connectivity index is 0.940. The number of hydrogen-bond acceptors (Lipinski definition) is 7. The fourth-order valence-electron chi connectivity index (χ4n) is 6.94. The number of imide groups is 1. The molecule has 0 saturated carbocycles. The van der Waals surface area contributed by atoms with Gasteiger partial charge < -0.3 is 19.1 Å². The van der Waals surface area contributed by atoms with Crippen molar-refractivity contribution in [2.45, 2.75) is 36.2 Å². The Morgan fingerprint density at radius 2 is 1.34 bits per heavy atom. The SMILES string of the molecule is O=C1OC(COc2cccc(Cl)c2)CN1CCCCOc1ccc(CC2SC(=O)N(C(c3ccccc3)(c3ccccc3)c3ccccc3)C2=O)cc1. The van der Waals surface area contributed by atoms with E-state index in [9.17, 15) is 14.4 Å². The van der Waals surface area contributed by atoms with Crippen molar-refractivity contribution < 1.29 is 28.6 Å². The topological polar surface area (TPSA) is 85.4 Å². The number of benzene rings is 5. The number of unbranched alkanes of at least 4 members (excludes halogenated alkanes) is 1. The first-order valence-corrected chi connectivity index (χ1v) is 18.9. The maximum absolute atomic E-state index is 14.4. The molecule has 2 saturated heterocycles. The second-order valence-corrected chi connectivity index (χ2v) is 14.6. The molecular formula is C43H39ClN2O6S. The van der Waals surface area contributed by atoms with Crippen LogP contribution in [0.15, 0.2) is 140 Å². The highest BCUT2D eigenvalue weighted by Crippen LogP contribution is 2.47. The zero-order chi connectivity index (χ0) is 36.6. The highest BCUT2D eigenvalue weighted by atomic mass is 35.5. The molecule has 10 heteroatoms. The highest BCUT2D eigenvalue weighted by Gasteiger charge is 2.54. The average Bonchev–Trinajstić information content (AvgIpc) is 3.69. The molecule has 2 aliphatic rings. The van der Waals surface area contributed by atoms with E-state index in [0.29, 0.717) is 42.6 Å². The van der Waals surface area contributed by atoms with Gasteiger partial charge >= 0.3 is 6.09 Å².